The van der Waals surface area contributed by atoms with Gasteiger partial charge in [0.1, 0.15) is 0 Å². The van der Waals surface area contributed by atoms with Crippen molar-refractivity contribution in [1.82, 2.24) is 0 Å². The molecule has 11 heavy (non-hydrogen) atoms. The Bertz CT molecular complexity index is 132. The van der Waals surface area contributed by atoms with Crippen LogP contribution in [0.25, 0.3) is 0 Å². The minimum Gasteiger partial charge on any atom is -0.391 e. The maximum absolute atomic E-state index is 12.1. The second-order valence-corrected chi connectivity index (χ2v) is 3.54. The molecule has 0 bridgehead atoms. The zero-order chi connectivity index (χ0) is 9.28. The average molecular weight is 235 g/mol. The van der Waals surface area contributed by atoms with Crippen molar-refractivity contribution in [2.75, 3.05) is 5.33 Å². The Labute approximate surface area is 71.7 Å². The number of rotatable bonds is 2. The van der Waals surface area contributed by atoms with Crippen LogP contribution < -0.4 is 0 Å². The van der Waals surface area contributed by atoms with E-state index in [0.717, 1.165) is 13.8 Å². The Morgan fingerprint density at radius 3 is 1.82 bits per heavy atom. The third kappa shape index (κ3) is 2.33. The first-order valence-electron chi connectivity index (χ1n) is 3.04. The minimum atomic E-state index is -4.36. The van der Waals surface area contributed by atoms with Crippen LogP contribution in [-0.4, -0.2) is 22.7 Å². The van der Waals surface area contributed by atoms with Crippen molar-refractivity contribution in [3.05, 3.63) is 0 Å². The molecule has 68 valence electrons. The molecule has 0 fully saturated rings. The molecular weight excluding hydrogens is 225 g/mol. The lowest BCUT2D eigenvalue weighted by Gasteiger charge is -2.31. The van der Waals surface area contributed by atoms with Gasteiger partial charge < -0.3 is 5.11 Å². The Kier molecular flexibility index (Phi) is 3.38. The normalized spacial score (nSPS) is 16.6. The van der Waals surface area contributed by atoms with Crippen LogP contribution in [0.3, 0.4) is 0 Å². The van der Waals surface area contributed by atoms with E-state index in [1.165, 1.54) is 0 Å². The molecule has 0 aliphatic carbocycles. The largest absolute Gasteiger partial charge is 0.396 e. The molecule has 0 saturated carbocycles. The summed E-state index contributed by atoms with van der Waals surface area (Å²) in [5.74, 6) is 0. The molecule has 0 aliphatic heterocycles. The minimum absolute atomic E-state index is 0.0699. The summed E-state index contributed by atoms with van der Waals surface area (Å²) < 4.78 is 36.3. The van der Waals surface area contributed by atoms with Gasteiger partial charge in [-0.25, -0.2) is 0 Å². The first kappa shape index (κ1) is 11.2. The molecule has 0 aromatic carbocycles. The summed E-state index contributed by atoms with van der Waals surface area (Å²) in [4.78, 5) is 0. The number of halogens is 4. The van der Waals surface area contributed by atoms with E-state index in [9.17, 15) is 13.2 Å². The standard InChI is InChI=1S/C6H10BrF3O/c1-5(2,4(11)3-7)6(8,9)10/h4,11H,3H2,1-2H3. The summed E-state index contributed by atoms with van der Waals surface area (Å²) in [6.07, 6.45) is -5.76. The van der Waals surface area contributed by atoms with Crippen molar-refractivity contribution in [2.45, 2.75) is 26.1 Å². The van der Waals surface area contributed by atoms with Gasteiger partial charge in [0.05, 0.1) is 11.5 Å². The smallest absolute Gasteiger partial charge is 0.391 e. The van der Waals surface area contributed by atoms with E-state index in [1.54, 1.807) is 0 Å². The van der Waals surface area contributed by atoms with Gasteiger partial charge in [-0.1, -0.05) is 15.9 Å². The summed E-state index contributed by atoms with van der Waals surface area (Å²) in [6.45, 7) is 1.94. The molecular formula is C6H10BrF3O. The molecule has 0 aromatic heterocycles. The van der Waals surface area contributed by atoms with E-state index in [0.29, 0.717) is 0 Å². The van der Waals surface area contributed by atoms with E-state index in [2.05, 4.69) is 15.9 Å². The van der Waals surface area contributed by atoms with Gasteiger partial charge in [0.15, 0.2) is 0 Å². The maximum Gasteiger partial charge on any atom is 0.396 e. The number of hydrogen-bond donors (Lipinski definition) is 1. The predicted molar refractivity (Wildman–Crippen MR) is 39.6 cm³/mol. The van der Waals surface area contributed by atoms with Crippen LogP contribution in [0, 0.1) is 5.41 Å². The van der Waals surface area contributed by atoms with Gasteiger partial charge in [-0.05, 0) is 13.8 Å². The average Bonchev–Trinajstić information content (AvgIpc) is 1.83. The molecule has 0 saturated heterocycles. The molecule has 1 unspecified atom stereocenters. The second-order valence-electron chi connectivity index (χ2n) is 2.89. The third-order valence-corrected chi connectivity index (χ3v) is 2.32. The molecule has 5 heteroatoms. The van der Waals surface area contributed by atoms with E-state index in [1.807, 2.05) is 0 Å². The fourth-order valence-electron chi connectivity index (χ4n) is 0.382. The highest BCUT2D eigenvalue weighted by atomic mass is 79.9. The van der Waals surface area contributed by atoms with Gasteiger partial charge in [0.2, 0.25) is 0 Å². The van der Waals surface area contributed by atoms with Crippen molar-refractivity contribution in [3.63, 3.8) is 0 Å². The van der Waals surface area contributed by atoms with E-state index >= 15 is 0 Å². The van der Waals surface area contributed by atoms with Crippen molar-refractivity contribution in [3.8, 4) is 0 Å². The molecule has 0 rings (SSSR count). The van der Waals surface area contributed by atoms with Crippen LogP contribution in [0.15, 0.2) is 0 Å². The summed E-state index contributed by atoms with van der Waals surface area (Å²) >= 11 is 2.79. The fraction of sp³-hybridized carbons (Fsp3) is 1.00. The van der Waals surface area contributed by atoms with Gasteiger partial charge in [0.25, 0.3) is 0 Å². The van der Waals surface area contributed by atoms with Crippen LogP contribution >= 0.6 is 15.9 Å². The molecule has 1 nitrogen and oxygen atoms in total. The summed E-state index contributed by atoms with van der Waals surface area (Å²) in [5.41, 5.74) is -2.05. The van der Waals surface area contributed by atoms with Gasteiger partial charge in [-0.2, -0.15) is 13.2 Å². The van der Waals surface area contributed by atoms with Crippen molar-refractivity contribution in [2.24, 2.45) is 5.41 Å². The lowest BCUT2D eigenvalue weighted by Crippen LogP contribution is -2.43. The molecule has 1 atom stereocenters. The number of aliphatic hydroxyl groups is 1. The van der Waals surface area contributed by atoms with E-state index in [-0.39, 0.29) is 5.33 Å². The lowest BCUT2D eigenvalue weighted by molar-refractivity contribution is -0.237. The highest BCUT2D eigenvalue weighted by molar-refractivity contribution is 9.09. The predicted octanol–water partition coefficient (Wildman–Crippen LogP) is 2.33. The monoisotopic (exact) mass is 234 g/mol. The van der Waals surface area contributed by atoms with Gasteiger partial charge in [-0.15, -0.1) is 0 Å². The molecule has 0 heterocycles. The molecule has 0 amide bonds. The number of aliphatic hydroxyl groups excluding tert-OH is 1. The molecule has 0 spiro atoms. The third-order valence-electron chi connectivity index (χ3n) is 1.71. The fourth-order valence-corrected chi connectivity index (χ4v) is 1.19. The van der Waals surface area contributed by atoms with Crippen molar-refractivity contribution < 1.29 is 18.3 Å². The Morgan fingerprint density at radius 2 is 1.73 bits per heavy atom. The summed E-state index contributed by atoms with van der Waals surface area (Å²) in [6, 6.07) is 0. The lowest BCUT2D eigenvalue weighted by atomic mass is 9.87. The Balaban J connectivity index is 4.45. The number of alkyl halides is 4. The first-order valence-corrected chi connectivity index (χ1v) is 4.16. The highest BCUT2D eigenvalue weighted by Crippen LogP contribution is 2.40. The maximum atomic E-state index is 12.1. The highest BCUT2D eigenvalue weighted by Gasteiger charge is 2.51. The Morgan fingerprint density at radius 1 is 1.36 bits per heavy atom. The molecule has 0 aromatic rings. The zero-order valence-corrected chi connectivity index (χ0v) is 7.83. The van der Waals surface area contributed by atoms with Crippen molar-refractivity contribution in [1.29, 1.82) is 0 Å². The van der Waals surface area contributed by atoms with Gasteiger partial charge in [-0.3, -0.25) is 0 Å². The van der Waals surface area contributed by atoms with E-state index < -0.39 is 17.7 Å². The van der Waals surface area contributed by atoms with E-state index in [4.69, 9.17) is 5.11 Å². The zero-order valence-electron chi connectivity index (χ0n) is 6.24. The number of hydrogen-bond acceptors (Lipinski definition) is 1. The van der Waals surface area contributed by atoms with Crippen LogP contribution in [0.1, 0.15) is 13.8 Å². The molecule has 0 radical (unpaired) electrons. The second kappa shape index (κ2) is 3.31. The SMILES string of the molecule is CC(C)(C(O)CBr)C(F)(F)F. The van der Waals surface area contributed by atoms with Gasteiger partial charge in [0, 0.05) is 5.33 Å². The summed E-state index contributed by atoms with van der Waals surface area (Å²) in [7, 11) is 0. The molecule has 0 aliphatic rings. The van der Waals surface area contributed by atoms with Crippen LogP contribution in [0.5, 0.6) is 0 Å². The van der Waals surface area contributed by atoms with Gasteiger partial charge >= 0.3 is 6.18 Å². The quantitative estimate of drug-likeness (QED) is 0.728. The summed E-state index contributed by atoms with van der Waals surface area (Å²) in [5, 5.41) is 8.88. The van der Waals surface area contributed by atoms with Crippen LogP contribution in [0.2, 0.25) is 0 Å². The van der Waals surface area contributed by atoms with Crippen LogP contribution in [-0.2, 0) is 0 Å². The topological polar surface area (TPSA) is 20.2 Å². The van der Waals surface area contributed by atoms with Crippen LogP contribution in [0.4, 0.5) is 13.2 Å². The Hall–Kier alpha value is 0.230. The molecule has 1 N–H and O–H groups in total. The van der Waals surface area contributed by atoms with Crippen molar-refractivity contribution >= 4 is 15.9 Å². The first-order chi connectivity index (χ1) is 4.73.